The lowest BCUT2D eigenvalue weighted by atomic mass is 9.98. The summed E-state index contributed by atoms with van der Waals surface area (Å²) in [5.41, 5.74) is 0. The maximum Gasteiger partial charge on any atom is 0.246 e. The molecular formula is C12H19N3O3. The van der Waals surface area contributed by atoms with Crippen molar-refractivity contribution in [3.05, 3.63) is 0 Å². The smallest absolute Gasteiger partial charge is 0.246 e. The van der Waals surface area contributed by atoms with Crippen molar-refractivity contribution in [3.8, 4) is 0 Å². The number of fused-ring (bicyclic) bond motifs is 1. The number of nitrogens with one attached hydrogen (secondary N) is 2. The number of amides is 2. The average molecular weight is 253 g/mol. The van der Waals surface area contributed by atoms with Crippen molar-refractivity contribution in [2.45, 2.75) is 38.4 Å². The molecule has 2 heterocycles. The third-order valence-corrected chi connectivity index (χ3v) is 3.76. The fourth-order valence-corrected chi connectivity index (χ4v) is 2.96. The predicted octanol–water partition coefficient (Wildman–Crippen LogP) is -1.10. The molecule has 2 aliphatic rings. The molecular weight excluding hydrogens is 234 g/mol. The molecule has 2 amide bonds. The molecule has 2 rings (SSSR count). The van der Waals surface area contributed by atoms with Gasteiger partial charge in [0.1, 0.15) is 17.9 Å². The van der Waals surface area contributed by atoms with Gasteiger partial charge in [0, 0.05) is 19.0 Å². The highest BCUT2D eigenvalue weighted by Gasteiger charge is 2.50. The minimum atomic E-state index is -0.686. The Bertz CT molecular complexity index is 396. The van der Waals surface area contributed by atoms with Crippen LogP contribution >= 0.6 is 0 Å². The predicted molar refractivity (Wildman–Crippen MR) is 64.7 cm³/mol. The standard InChI is InChI=1S/C12H19N3O3/c1-6-5-15-10(9(6)13-3)11(17)14-8(12(15)18)4-7(2)16/h6,8-10,13H,4-5H2,1-3H3,(H,14,17). The zero-order valence-electron chi connectivity index (χ0n) is 10.9. The second-order valence-corrected chi connectivity index (χ2v) is 5.19. The van der Waals surface area contributed by atoms with E-state index in [0.717, 1.165) is 0 Å². The first-order chi connectivity index (χ1) is 8.45. The van der Waals surface area contributed by atoms with Gasteiger partial charge in [0.05, 0.1) is 0 Å². The third kappa shape index (κ3) is 2.01. The van der Waals surface area contributed by atoms with Gasteiger partial charge in [0.2, 0.25) is 11.8 Å². The number of hydrogen-bond donors (Lipinski definition) is 2. The van der Waals surface area contributed by atoms with Crippen LogP contribution in [0, 0.1) is 5.92 Å². The highest BCUT2D eigenvalue weighted by Crippen LogP contribution is 2.27. The molecule has 0 spiro atoms. The average Bonchev–Trinajstić information content (AvgIpc) is 2.62. The van der Waals surface area contributed by atoms with Gasteiger partial charge in [-0.2, -0.15) is 0 Å². The quantitative estimate of drug-likeness (QED) is 0.669. The molecule has 0 saturated carbocycles. The van der Waals surface area contributed by atoms with Crippen LogP contribution in [0.4, 0.5) is 0 Å². The van der Waals surface area contributed by atoms with Crippen LogP contribution in [0.5, 0.6) is 0 Å². The summed E-state index contributed by atoms with van der Waals surface area (Å²) in [5.74, 6) is -0.167. The van der Waals surface area contributed by atoms with Crippen molar-refractivity contribution in [1.82, 2.24) is 15.5 Å². The molecule has 2 aliphatic heterocycles. The van der Waals surface area contributed by atoms with Gasteiger partial charge >= 0.3 is 0 Å². The van der Waals surface area contributed by atoms with Crippen LogP contribution in [0.2, 0.25) is 0 Å². The van der Waals surface area contributed by atoms with E-state index in [2.05, 4.69) is 10.6 Å². The number of rotatable bonds is 3. The number of piperazine rings is 1. The topological polar surface area (TPSA) is 78.5 Å². The molecule has 0 aromatic carbocycles. The molecule has 6 nitrogen and oxygen atoms in total. The maximum absolute atomic E-state index is 12.2. The van der Waals surface area contributed by atoms with Crippen LogP contribution in [0.15, 0.2) is 0 Å². The van der Waals surface area contributed by atoms with Gasteiger partial charge in [-0.3, -0.25) is 14.4 Å². The number of ketones is 1. The third-order valence-electron chi connectivity index (χ3n) is 3.76. The summed E-state index contributed by atoms with van der Waals surface area (Å²) in [6.07, 6.45) is 0.0758. The first-order valence-corrected chi connectivity index (χ1v) is 6.23. The fourth-order valence-electron chi connectivity index (χ4n) is 2.96. The van der Waals surface area contributed by atoms with Crippen LogP contribution < -0.4 is 10.6 Å². The molecule has 2 fully saturated rings. The van der Waals surface area contributed by atoms with Gasteiger partial charge in [0.15, 0.2) is 0 Å². The highest BCUT2D eigenvalue weighted by molar-refractivity contribution is 6.00. The summed E-state index contributed by atoms with van der Waals surface area (Å²) in [5, 5.41) is 5.76. The zero-order valence-corrected chi connectivity index (χ0v) is 10.9. The summed E-state index contributed by atoms with van der Waals surface area (Å²) >= 11 is 0. The minimum absolute atomic E-state index is 0.0211. The molecule has 0 aromatic heterocycles. The number of likely N-dealkylation sites (N-methyl/N-ethyl adjacent to an activating group) is 1. The molecule has 100 valence electrons. The Morgan fingerprint density at radius 1 is 1.50 bits per heavy atom. The fraction of sp³-hybridized carbons (Fsp3) is 0.750. The molecule has 6 heteroatoms. The van der Waals surface area contributed by atoms with Crippen molar-refractivity contribution in [3.63, 3.8) is 0 Å². The zero-order chi connectivity index (χ0) is 13.4. The van der Waals surface area contributed by atoms with E-state index >= 15 is 0 Å². The summed E-state index contributed by atoms with van der Waals surface area (Å²) < 4.78 is 0. The second-order valence-electron chi connectivity index (χ2n) is 5.19. The molecule has 18 heavy (non-hydrogen) atoms. The number of carbonyl (C=O) groups excluding carboxylic acids is 3. The summed E-state index contributed by atoms with van der Waals surface area (Å²) in [7, 11) is 1.80. The summed E-state index contributed by atoms with van der Waals surface area (Å²) in [4.78, 5) is 37.0. The lowest BCUT2D eigenvalue weighted by Crippen LogP contribution is -2.64. The maximum atomic E-state index is 12.2. The van der Waals surface area contributed by atoms with Gasteiger partial charge in [-0.1, -0.05) is 6.92 Å². The number of carbonyl (C=O) groups is 3. The lowest BCUT2D eigenvalue weighted by Gasteiger charge is -2.36. The number of nitrogens with zero attached hydrogens (tertiary/aromatic N) is 1. The van der Waals surface area contributed by atoms with E-state index in [4.69, 9.17) is 0 Å². The lowest BCUT2D eigenvalue weighted by molar-refractivity contribution is -0.148. The SMILES string of the molecule is CNC1C(C)CN2C(=O)C(CC(C)=O)NC(=O)C12. The molecule has 4 atom stereocenters. The van der Waals surface area contributed by atoms with Crippen LogP contribution in [0.25, 0.3) is 0 Å². The molecule has 0 bridgehead atoms. The number of Topliss-reactive ketones (excluding diaryl/α,β-unsaturated/α-hetero) is 1. The Morgan fingerprint density at radius 2 is 2.17 bits per heavy atom. The van der Waals surface area contributed by atoms with Crippen LogP contribution in [0.1, 0.15) is 20.3 Å². The Balaban J connectivity index is 2.20. The van der Waals surface area contributed by atoms with E-state index in [9.17, 15) is 14.4 Å². The van der Waals surface area contributed by atoms with Crippen molar-refractivity contribution in [2.24, 2.45) is 5.92 Å². The van der Waals surface area contributed by atoms with E-state index < -0.39 is 12.1 Å². The van der Waals surface area contributed by atoms with Crippen molar-refractivity contribution < 1.29 is 14.4 Å². The van der Waals surface area contributed by atoms with Crippen molar-refractivity contribution in [2.75, 3.05) is 13.6 Å². The van der Waals surface area contributed by atoms with Gasteiger partial charge in [-0.25, -0.2) is 0 Å². The van der Waals surface area contributed by atoms with E-state index in [0.29, 0.717) is 6.54 Å². The van der Waals surface area contributed by atoms with Crippen molar-refractivity contribution in [1.29, 1.82) is 0 Å². The largest absolute Gasteiger partial charge is 0.342 e. The van der Waals surface area contributed by atoms with Crippen LogP contribution in [0.3, 0.4) is 0 Å². The Labute approximate surface area is 106 Å². The second kappa shape index (κ2) is 4.68. The van der Waals surface area contributed by atoms with Gasteiger partial charge < -0.3 is 15.5 Å². The van der Waals surface area contributed by atoms with E-state index in [-0.39, 0.29) is 36.0 Å². The molecule has 2 N–H and O–H groups in total. The summed E-state index contributed by atoms with van der Waals surface area (Å²) in [6, 6.07) is -1.15. The molecule has 0 aromatic rings. The van der Waals surface area contributed by atoms with E-state index in [1.807, 2.05) is 6.92 Å². The Hall–Kier alpha value is -1.43. The first kappa shape index (κ1) is 13.0. The van der Waals surface area contributed by atoms with Crippen LogP contribution in [-0.4, -0.2) is 54.2 Å². The normalized spacial score (nSPS) is 35.4. The monoisotopic (exact) mass is 253 g/mol. The van der Waals surface area contributed by atoms with Crippen molar-refractivity contribution >= 4 is 17.6 Å². The Morgan fingerprint density at radius 3 is 2.72 bits per heavy atom. The molecule has 2 saturated heterocycles. The minimum Gasteiger partial charge on any atom is -0.342 e. The number of hydrogen-bond acceptors (Lipinski definition) is 4. The van der Waals surface area contributed by atoms with Gasteiger partial charge in [0.25, 0.3) is 0 Å². The Kier molecular flexibility index (Phi) is 3.38. The van der Waals surface area contributed by atoms with Gasteiger partial charge in [-0.05, 0) is 19.9 Å². The van der Waals surface area contributed by atoms with E-state index in [1.54, 1.807) is 11.9 Å². The highest BCUT2D eigenvalue weighted by atomic mass is 16.2. The van der Waals surface area contributed by atoms with Gasteiger partial charge in [-0.15, -0.1) is 0 Å². The summed E-state index contributed by atoms with van der Waals surface area (Å²) in [6.45, 7) is 4.01. The molecule has 0 aliphatic carbocycles. The molecule has 4 unspecified atom stereocenters. The first-order valence-electron chi connectivity index (χ1n) is 6.23. The van der Waals surface area contributed by atoms with Crippen LogP contribution in [-0.2, 0) is 14.4 Å². The molecule has 0 radical (unpaired) electrons. The van der Waals surface area contributed by atoms with E-state index in [1.165, 1.54) is 6.92 Å².